The van der Waals surface area contributed by atoms with Crippen molar-refractivity contribution < 1.29 is 4.79 Å². The minimum Gasteiger partial charge on any atom is -0.272 e. The lowest BCUT2D eigenvalue weighted by molar-refractivity contribution is 0.0878. The monoisotopic (exact) mass is 457 g/mol. The highest BCUT2D eigenvalue weighted by atomic mass is 16.2. The van der Waals surface area contributed by atoms with Gasteiger partial charge in [-0.3, -0.25) is 9.36 Å². The first-order valence-electron chi connectivity index (χ1n) is 11.4. The number of unbranched alkanes of at least 4 members (excludes halogenated alkanes) is 1. The van der Waals surface area contributed by atoms with Crippen LogP contribution in [0.15, 0.2) is 59.4 Å². The lowest BCUT2D eigenvalue weighted by atomic mass is 10.0. The van der Waals surface area contributed by atoms with Gasteiger partial charge in [-0.05, 0) is 52.1 Å². The van der Waals surface area contributed by atoms with Crippen LogP contribution in [0.5, 0.6) is 0 Å². The molecule has 0 aliphatic rings. The van der Waals surface area contributed by atoms with Gasteiger partial charge in [0.1, 0.15) is 0 Å². The maximum Gasteiger partial charge on any atom is 0.353 e. The molecule has 0 radical (unpaired) electrons. The van der Waals surface area contributed by atoms with Gasteiger partial charge in [-0.2, -0.15) is 0 Å². The summed E-state index contributed by atoms with van der Waals surface area (Å²) < 4.78 is 2.55. The Kier molecular flexibility index (Phi) is 7.22. The lowest BCUT2D eigenvalue weighted by Gasteiger charge is -2.07. The average molecular weight is 458 g/mol. The molecule has 0 aliphatic heterocycles. The number of H-pyrrole nitrogens is 1. The van der Waals surface area contributed by atoms with Gasteiger partial charge in [-0.1, -0.05) is 68.8 Å². The highest BCUT2D eigenvalue weighted by Crippen LogP contribution is 2.24. The third-order valence-corrected chi connectivity index (χ3v) is 5.48. The third kappa shape index (κ3) is 5.09. The summed E-state index contributed by atoms with van der Waals surface area (Å²) in [5.41, 5.74) is 3.48. The number of allylic oxidation sites excluding steroid dienone is 1. The van der Waals surface area contributed by atoms with Gasteiger partial charge in [-0.25, -0.2) is 9.89 Å². The summed E-state index contributed by atoms with van der Waals surface area (Å²) >= 11 is 0. The topological polar surface area (TPSA) is 111 Å². The molecule has 0 fully saturated rings. The van der Waals surface area contributed by atoms with Crippen LogP contribution in [-0.4, -0.2) is 40.9 Å². The molecule has 0 atom stereocenters. The van der Waals surface area contributed by atoms with Crippen LogP contribution < -0.4 is 5.69 Å². The van der Waals surface area contributed by atoms with Gasteiger partial charge in [0.25, 0.3) is 5.91 Å². The molecule has 34 heavy (non-hydrogen) atoms. The van der Waals surface area contributed by atoms with E-state index >= 15 is 0 Å². The molecular formula is C25H27N7O2. The summed E-state index contributed by atoms with van der Waals surface area (Å²) in [4.78, 5) is 25.5. The van der Waals surface area contributed by atoms with E-state index in [2.05, 4.69) is 25.7 Å². The average Bonchev–Trinajstić information content (AvgIpc) is 3.51. The lowest BCUT2D eigenvalue weighted by Crippen LogP contribution is -2.30. The second-order valence-electron chi connectivity index (χ2n) is 7.97. The number of hydrogen-bond donors (Lipinski definition) is 1. The van der Waals surface area contributed by atoms with E-state index in [1.54, 1.807) is 10.6 Å². The molecule has 2 aromatic heterocycles. The van der Waals surface area contributed by atoms with Crippen LogP contribution in [0, 0.1) is 0 Å². The Bertz CT molecular complexity index is 1330. The van der Waals surface area contributed by atoms with Crippen LogP contribution in [0.25, 0.3) is 28.6 Å². The number of nitrogens with one attached hydrogen (secondary N) is 1. The number of rotatable bonds is 9. The zero-order valence-corrected chi connectivity index (χ0v) is 19.3. The minimum absolute atomic E-state index is 0.270. The maximum absolute atomic E-state index is 13.0. The van der Waals surface area contributed by atoms with Gasteiger partial charge in [0, 0.05) is 12.0 Å². The summed E-state index contributed by atoms with van der Waals surface area (Å²) in [5.74, 6) is 0.819. The Morgan fingerprint density at radius 2 is 1.85 bits per heavy atom. The Morgan fingerprint density at radius 1 is 1.06 bits per heavy atom. The number of benzene rings is 2. The Hall–Kier alpha value is -4.14. The predicted octanol–water partition coefficient (Wildman–Crippen LogP) is 4.19. The highest BCUT2D eigenvalue weighted by molar-refractivity contribution is 5.77. The fourth-order valence-corrected chi connectivity index (χ4v) is 3.62. The maximum atomic E-state index is 13.0. The summed E-state index contributed by atoms with van der Waals surface area (Å²) in [6, 6.07) is 15.9. The van der Waals surface area contributed by atoms with Gasteiger partial charge < -0.3 is 0 Å². The van der Waals surface area contributed by atoms with Gasteiger partial charge in [0.15, 0.2) is 11.6 Å². The highest BCUT2D eigenvalue weighted by Gasteiger charge is 2.17. The molecular weight excluding hydrogens is 430 g/mol. The zero-order valence-electron chi connectivity index (χ0n) is 19.3. The molecule has 2 aromatic carbocycles. The SMILES string of the molecule is CC/C=C/c1nn(C(=O)CCCC)c(=O)n1Cc1ccc(-c2cccc(-c3nnn[nH]3)c2)cc1. The summed E-state index contributed by atoms with van der Waals surface area (Å²) in [5, 5.41) is 18.3. The van der Waals surface area contributed by atoms with Crippen molar-refractivity contribution in [2.24, 2.45) is 0 Å². The molecule has 0 aliphatic carbocycles. The van der Waals surface area contributed by atoms with Crippen LogP contribution in [0.1, 0.15) is 55.7 Å². The summed E-state index contributed by atoms with van der Waals surface area (Å²) in [6.07, 6.45) is 6.45. The fraction of sp³-hybridized carbons (Fsp3) is 0.280. The second kappa shape index (κ2) is 10.7. The van der Waals surface area contributed by atoms with Crippen molar-refractivity contribution in [1.82, 2.24) is 35.0 Å². The standard InChI is InChI=1S/C25H27N7O2/c1-3-5-10-22-28-32(23(33)11-6-4-2)25(34)31(22)17-18-12-14-19(15-13-18)20-8-7-9-21(16-20)24-26-29-30-27-24/h5,7-10,12-16H,3-4,6,11,17H2,1-2H3,(H,26,27,29,30)/b10-5+. The van der Waals surface area contributed by atoms with Crippen LogP contribution in [0.2, 0.25) is 0 Å². The Balaban J connectivity index is 1.59. The number of carbonyl (C=O) groups is 1. The first-order valence-corrected chi connectivity index (χ1v) is 11.4. The molecule has 0 saturated carbocycles. The molecule has 9 nitrogen and oxygen atoms in total. The van der Waals surface area contributed by atoms with Crippen molar-refractivity contribution in [3.8, 4) is 22.5 Å². The molecule has 4 aromatic rings. The third-order valence-electron chi connectivity index (χ3n) is 5.48. The number of tetrazole rings is 1. The summed E-state index contributed by atoms with van der Waals surface area (Å²) in [6.45, 7) is 4.34. The Labute approximate surface area is 197 Å². The van der Waals surface area contributed by atoms with Crippen LogP contribution in [0.3, 0.4) is 0 Å². The van der Waals surface area contributed by atoms with E-state index < -0.39 is 5.69 Å². The molecule has 0 amide bonds. The van der Waals surface area contributed by atoms with E-state index in [4.69, 9.17) is 0 Å². The Morgan fingerprint density at radius 3 is 2.56 bits per heavy atom. The van der Waals surface area contributed by atoms with Crippen LogP contribution in [0.4, 0.5) is 0 Å². The van der Waals surface area contributed by atoms with E-state index in [1.165, 1.54) is 0 Å². The quantitative estimate of drug-likeness (QED) is 0.403. The number of nitrogens with zero attached hydrogens (tertiary/aromatic N) is 6. The first kappa shape index (κ1) is 23.0. The molecule has 2 heterocycles. The van der Waals surface area contributed by atoms with E-state index in [9.17, 15) is 9.59 Å². The first-order chi connectivity index (χ1) is 16.6. The summed E-state index contributed by atoms with van der Waals surface area (Å²) in [7, 11) is 0. The zero-order chi connectivity index (χ0) is 23.9. The molecule has 9 heteroatoms. The number of carbonyl (C=O) groups excluding carboxylic acids is 1. The van der Waals surface area contributed by atoms with Gasteiger partial charge in [0.2, 0.25) is 0 Å². The largest absolute Gasteiger partial charge is 0.353 e. The van der Waals surface area contributed by atoms with Gasteiger partial charge in [0.05, 0.1) is 6.54 Å². The molecule has 4 rings (SSSR count). The molecule has 0 saturated heterocycles. The molecule has 174 valence electrons. The van der Waals surface area contributed by atoms with Crippen LogP contribution >= 0.6 is 0 Å². The van der Waals surface area contributed by atoms with E-state index in [0.717, 1.165) is 46.2 Å². The molecule has 0 spiro atoms. The smallest absolute Gasteiger partial charge is 0.272 e. The van der Waals surface area contributed by atoms with Crippen molar-refractivity contribution in [3.63, 3.8) is 0 Å². The van der Waals surface area contributed by atoms with E-state index in [0.29, 0.717) is 24.6 Å². The van der Waals surface area contributed by atoms with E-state index in [1.807, 2.05) is 68.5 Å². The van der Waals surface area contributed by atoms with Crippen molar-refractivity contribution in [3.05, 3.63) is 76.5 Å². The number of aromatic nitrogens is 7. The number of aromatic amines is 1. The van der Waals surface area contributed by atoms with Crippen molar-refractivity contribution >= 4 is 12.0 Å². The van der Waals surface area contributed by atoms with Crippen LogP contribution in [-0.2, 0) is 6.54 Å². The molecule has 0 bridgehead atoms. The molecule has 0 unspecified atom stereocenters. The van der Waals surface area contributed by atoms with Gasteiger partial charge >= 0.3 is 5.69 Å². The van der Waals surface area contributed by atoms with Crippen molar-refractivity contribution in [2.75, 3.05) is 0 Å². The second-order valence-corrected chi connectivity index (χ2v) is 7.97. The number of hydrogen-bond acceptors (Lipinski definition) is 6. The predicted molar refractivity (Wildman–Crippen MR) is 130 cm³/mol. The molecule has 1 N–H and O–H groups in total. The fourth-order valence-electron chi connectivity index (χ4n) is 3.62. The van der Waals surface area contributed by atoms with Crippen molar-refractivity contribution in [2.45, 2.75) is 46.1 Å². The normalized spacial score (nSPS) is 11.4. The van der Waals surface area contributed by atoms with Gasteiger partial charge in [-0.15, -0.1) is 14.9 Å². The van der Waals surface area contributed by atoms with E-state index in [-0.39, 0.29) is 5.91 Å². The minimum atomic E-state index is -0.408. The van der Waals surface area contributed by atoms with Crippen molar-refractivity contribution in [1.29, 1.82) is 0 Å².